The van der Waals surface area contributed by atoms with E-state index >= 15 is 0 Å². The number of benzene rings is 1. The highest BCUT2D eigenvalue weighted by Gasteiger charge is 2.23. The number of hydrogen-bond acceptors (Lipinski definition) is 6. The van der Waals surface area contributed by atoms with E-state index in [0.29, 0.717) is 25.6 Å². The minimum atomic E-state index is -3.25. The molecule has 162 valence electrons. The molecule has 2 aromatic rings. The van der Waals surface area contributed by atoms with Gasteiger partial charge in [-0.05, 0) is 17.5 Å². The van der Waals surface area contributed by atoms with Crippen molar-refractivity contribution in [1.82, 2.24) is 14.9 Å². The molecule has 1 atom stereocenters. The smallest absolute Gasteiger partial charge is 0.215 e. The number of thioether (sulfide) groups is 1. The maximum absolute atomic E-state index is 12.4. The Kier molecular flexibility index (Phi) is 9.95. The number of aliphatic hydroxyl groups is 1. The van der Waals surface area contributed by atoms with Gasteiger partial charge in [0.15, 0.2) is 5.96 Å². The summed E-state index contributed by atoms with van der Waals surface area (Å²) in [5.41, 5.74) is 0. The second-order valence-corrected chi connectivity index (χ2v) is 10.8. The minimum absolute atomic E-state index is 0. The van der Waals surface area contributed by atoms with Crippen molar-refractivity contribution in [2.45, 2.75) is 6.10 Å². The molecule has 1 aliphatic rings. The first-order valence-corrected chi connectivity index (χ1v) is 12.7. The Balaban J connectivity index is 0.00000300. The molecule has 1 unspecified atom stereocenters. The largest absolute Gasteiger partial charge is 0.386 e. The molecule has 1 aromatic heterocycles. The van der Waals surface area contributed by atoms with Crippen LogP contribution in [0.15, 0.2) is 35.3 Å². The third kappa shape index (κ3) is 6.96. The van der Waals surface area contributed by atoms with Gasteiger partial charge < -0.3 is 15.7 Å². The van der Waals surface area contributed by atoms with Crippen LogP contribution in [-0.2, 0) is 10.0 Å². The lowest BCUT2D eigenvalue weighted by molar-refractivity contribution is 0.184. The van der Waals surface area contributed by atoms with Crippen LogP contribution >= 0.6 is 47.1 Å². The number of thiophene rings is 1. The number of nitrogens with one attached hydrogen (secondary N) is 2. The molecule has 3 N–H and O–H groups in total. The first-order chi connectivity index (χ1) is 13.5. The predicted octanol–water partition coefficient (Wildman–Crippen LogP) is 2.10. The number of aliphatic hydroxyl groups excluding tert-OH is 1. The van der Waals surface area contributed by atoms with E-state index in [9.17, 15) is 13.5 Å². The quantitative estimate of drug-likeness (QED) is 0.268. The lowest BCUT2D eigenvalue weighted by Gasteiger charge is -2.25. The molecule has 0 saturated carbocycles. The molecular weight excluding hydrogens is 543 g/mol. The highest BCUT2D eigenvalue weighted by molar-refractivity contribution is 14.0. The van der Waals surface area contributed by atoms with E-state index in [1.54, 1.807) is 34.5 Å². The van der Waals surface area contributed by atoms with Gasteiger partial charge in [-0.15, -0.1) is 35.3 Å². The van der Waals surface area contributed by atoms with Gasteiger partial charge in [-0.3, -0.25) is 4.99 Å². The topological polar surface area (TPSA) is 94.0 Å². The number of nitrogens with zero attached hydrogens (tertiary/aromatic N) is 2. The van der Waals surface area contributed by atoms with Crippen LogP contribution in [0.1, 0.15) is 11.0 Å². The average Bonchev–Trinajstić information content (AvgIpc) is 3.15. The van der Waals surface area contributed by atoms with Crippen LogP contribution in [0.4, 0.5) is 0 Å². The van der Waals surface area contributed by atoms with Crippen LogP contribution in [0, 0.1) is 0 Å². The molecule has 1 saturated heterocycles. The maximum Gasteiger partial charge on any atom is 0.215 e. The van der Waals surface area contributed by atoms with E-state index in [1.165, 1.54) is 0 Å². The van der Waals surface area contributed by atoms with Gasteiger partial charge in [0.1, 0.15) is 6.10 Å². The fraction of sp³-hybridized carbons (Fsp3) is 0.500. The zero-order chi connectivity index (χ0) is 20.0. The summed E-state index contributed by atoms with van der Waals surface area (Å²) in [4.78, 5) is 4.99. The van der Waals surface area contributed by atoms with E-state index < -0.39 is 16.1 Å². The normalized spacial score (nSPS) is 17.0. The van der Waals surface area contributed by atoms with Crippen LogP contribution in [0.25, 0.3) is 10.1 Å². The van der Waals surface area contributed by atoms with Crippen molar-refractivity contribution in [3.8, 4) is 0 Å². The van der Waals surface area contributed by atoms with Crippen molar-refractivity contribution in [2.75, 3.05) is 50.5 Å². The van der Waals surface area contributed by atoms with Gasteiger partial charge in [-0.1, -0.05) is 18.2 Å². The Morgan fingerprint density at radius 2 is 2.00 bits per heavy atom. The third-order valence-electron chi connectivity index (χ3n) is 4.48. The van der Waals surface area contributed by atoms with Crippen LogP contribution < -0.4 is 10.6 Å². The van der Waals surface area contributed by atoms with E-state index in [2.05, 4.69) is 15.6 Å². The summed E-state index contributed by atoms with van der Waals surface area (Å²) in [6.07, 6.45) is -0.662. The summed E-state index contributed by atoms with van der Waals surface area (Å²) in [5.74, 6) is 2.21. The van der Waals surface area contributed by atoms with E-state index in [0.717, 1.165) is 26.5 Å². The highest BCUT2D eigenvalue weighted by Crippen LogP contribution is 2.29. The van der Waals surface area contributed by atoms with E-state index in [1.807, 2.05) is 30.3 Å². The van der Waals surface area contributed by atoms with Crippen molar-refractivity contribution >= 4 is 73.1 Å². The second kappa shape index (κ2) is 11.7. The van der Waals surface area contributed by atoms with Gasteiger partial charge in [0.05, 0.1) is 5.75 Å². The highest BCUT2D eigenvalue weighted by atomic mass is 127. The number of fused-ring (bicyclic) bond motifs is 1. The summed E-state index contributed by atoms with van der Waals surface area (Å²) in [5, 5.41) is 17.6. The number of rotatable bonds is 7. The van der Waals surface area contributed by atoms with Gasteiger partial charge in [0.25, 0.3) is 0 Å². The fourth-order valence-corrected chi connectivity index (χ4v) is 6.48. The molecular formula is C18H27IN4O3S3. The van der Waals surface area contributed by atoms with E-state index in [-0.39, 0.29) is 36.3 Å². The maximum atomic E-state index is 12.4. The molecule has 1 aliphatic heterocycles. The number of hydrogen-bond donors (Lipinski definition) is 3. The Bertz CT molecular complexity index is 881. The summed E-state index contributed by atoms with van der Waals surface area (Å²) < 4.78 is 27.4. The molecule has 11 heteroatoms. The minimum Gasteiger partial charge on any atom is -0.386 e. The van der Waals surface area contributed by atoms with Crippen molar-refractivity contribution < 1.29 is 13.5 Å². The molecule has 2 heterocycles. The number of aliphatic imine (C=N–C) groups is 1. The van der Waals surface area contributed by atoms with Gasteiger partial charge in [0.2, 0.25) is 10.0 Å². The lowest BCUT2D eigenvalue weighted by atomic mass is 10.2. The molecule has 29 heavy (non-hydrogen) atoms. The number of guanidine groups is 1. The average molecular weight is 571 g/mol. The Morgan fingerprint density at radius 1 is 1.28 bits per heavy atom. The zero-order valence-corrected chi connectivity index (χ0v) is 21.0. The van der Waals surface area contributed by atoms with Gasteiger partial charge in [-0.2, -0.15) is 11.8 Å². The van der Waals surface area contributed by atoms with Crippen LogP contribution in [0.2, 0.25) is 0 Å². The first-order valence-electron chi connectivity index (χ1n) is 9.16. The SMILES string of the molecule is CN=C(NCCS(=O)(=O)N1CCSCC1)NCC(O)c1cc2ccccc2s1.I. The van der Waals surface area contributed by atoms with Crippen LogP contribution in [-0.4, -0.2) is 74.3 Å². The summed E-state index contributed by atoms with van der Waals surface area (Å²) in [6.45, 7) is 1.73. The predicted molar refractivity (Wildman–Crippen MR) is 134 cm³/mol. The molecule has 3 rings (SSSR count). The van der Waals surface area contributed by atoms with Gasteiger partial charge in [0, 0.05) is 54.3 Å². The lowest BCUT2D eigenvalue weighted by Crippen LogP contribution is -2.44. The fourth-order valence-electron chi connectivity index (χ4n) is 2.93. The standard InChI is InChI=1S/C18H26N4O3S3.HI/c1-19-18(20-6-11-28(24,25)22-7-9-26-10-8-22)21-13-15(23)17-12-14-4-2-3-5-16(14)27-17;/h2-5,12,15,23H,6-11,13H2,1H3,(H2,19,20,21);1H. The molecule has 1 aromatic carbocycles. The first kappa shape index (κ1) is 24.7. The molecule has 0 bridgehead atoms. The van der Waals surface area contributed by atoms with Crippen molar-refractivity contribution in [2.24, 2.45) is 4.99 Å². The molecule has 0 aliphatic carbocycles. The Hall–Kier alpha value is -0.600. The third-order valence-corrected chi connectivity index (χ3v) is 8.51. The molecule has 7 nitrogen and oxygen atoms in total. The molecule has 1 fully saturated rings. The monoisotopic (exact) mass is 570 g/mol. The molecule has 0 radical (unpaired) electrons. The number of halogens is 1. The van der Waals surface area contributed by atoms with Gasteiger partial charge in [-0.25, -0.2) is 12.7 Å². The summed E-state index contributed by atoms with van der Waals surface area (Å²) >= 11 is 3.35. The van der Waals surface area contributed by atoms with Crippen molar-refractivity contribution in [1.29, 1.82) is 0 Å². The summed E-state index contributed by atoms with van der Waals surface area (Å²) in [7, 11) is -1.63. The van der Waals surface area contributed by atoms with Crippen LogP contribution in [0.3, 0.4) is 0 Å². The summed E-state index contributed by atoms with van der Waals surface area (Å²) in [6, 6.07) is 10.0. The second-order valence-electron chi connectivity index (χ2n) is 6.41. The van der Waals surface area contributed by atoms with Crippen LogP contribution in [0.5, 0.6) is 0 Å². The molecule has 0 amide bonds. The van der Waals surface area contributed by atoms with Crippen molar-refractivity contribution in [3.05, 3.63) is 35.2 Å². The van der Waals surface area contributed by atoms with Gasteiger partial charge >= 0.3 is 0 Å². The number of sulfonamides is 1. The Morgan fingerprint density at radius 3 is 2.69 bits per heavy atom. The Labute approximate surface area is 197 Å². The molecule has 0 spiro atoms. The van der Waals surface area contributed by atoms with Crippen molar-refractivity contribution in [3.63, 3.8) is 0 Å². The zero-order valence-electron chi connectivity index (χ0n) is 16.2. The van der Waals surface area contributed by atoms with E-state index in [4.69, 9.17) is 0 Å².